The third-order valence-electron chi connectivity index (χ3n) is 13.0. The number of nitrogens with one attached hydrogen (secondary N) is 3. The Morgan fingerprint density at radius 2 is 1.05 bits per heavy atom. The van der Waals surface area contributed by atoms with Crippen molar-refractivity contribution < 1.29 is 52.0 Å². The van der Waals surface area contributed by atoms with Gasteiger partial charge in [0.15, 0.2) is 6.10 Å². The van der Waals surface area contributed by atoms with Gasteiger partial charge in [0.05, 0.1) is 13.2 Å². The summed E-state index contributed by atoms with van der Waals surface area (Å²) in [5.74, 6) is -2.40. The number of phosphoric acid groups is 1. The molecule has 0 aliphatic carbocycles. The molecule has 0 radical (unpaired) electrons. The third kappa shape index (κ3) is 49.0. The molecule has 438 valence electrons. The van der Waals surface area contributed by atoms with E-state index >= 15 is 0 Å². The highest BCUT2D eigenvalue weighted by Crippen LogP contribution is 2.43. The second-order valence-electron chi connectivity index (χ2n) is 21.2. The number of hydrogen-bond donors (Lipinski definition) is 4. The maximum Gasteiger partial charge on any atom is 0.472 e. The Hall–Kier alpha value is -3.10. The summed E-state index contributed by atoms with van der Waals surface area (Å²) in [6.07, 6.45) is 40.1. The van der Waals surface area contributed by atoms with Crippen LogP contribution in [-0.2, 0) is 47.1 Å². The van der Waals surface area contributed by atoms with E-state index in [-0.39, 0.29) is 68.7 Å². The van der Waals surface area contributed by atoms with Crippen LogP contribution in [0.25, 0.3) is 0 Å². The molecule has 0 rings (SSSR count). The van der Waals surface area contributed by atoms with Gasteiger partial charge in [-0.1, -0.05) is 148 Å². The summed E-state index contributed by atoms with van der Waals surface area (Å²) in [5.41, 5.74) is 0. The minimum absolute atomic E-state index is 0.0765. The zero-order valence-corrected chi connectivity index (χ0v) is 49.5. The number of rotatable bonds is 53. The Bertz CT molecular complexity index is 1540. The van der Waals surface area contributed by atoms with Gasteiger partial charge in [0.25, 0.3) is 0 Å². The molecule has 0 saturated heterocycles. The van der Waals surface area contributed by atoms with Crippen molar-refractivity contribution in [1.29, 1.82) is 0 Å². The monoisotopic (exact) mass is 1080 g/mol. The van der Waals surface area contributed by atoms with Crippen molar-refractivity contribution in [3.05, 3.63) is 24.3 Å². The third-order valence-corrected chi connectivity index (χ3v) is 14.0. The van der Waals surface area contributed by atoms with Crippen LogP contribution in [0.5, 0.6) is 0 Å². The molecule has 0 aromatic rings. The quantitative estimate of drug-likeness (QED) is 0.0195. The zero-order chi connectivity index (χ0) is 55.6. The van der Waals surface area contributed by atoms with E-state index in [4.69, 9.17) is 18.5 Å². The second kappa shape index (κ2) is 50.4. The number of ether oxygens (including phenoxy) is 2. The highest BCUT2D eigenvalue weighted by Gasteiger charge is 2.27. The van der Waals surface area contributed by atoms with E-state index in [1.165, 1.54) is 77.0 Å². The first-order valence-electron chi connectivity index (χ1n) is 29.9. The molecule has 0 aliphatic rings. The lowest BCUT2D eigenvalue weighted by molar-refractivity contribution is -0.161. The van der Waals surface area contributed by atoms with E-state index in [1.807, 2.05) is 32.8 Å². The van der Waals surface area contributed by atoms with E-state index < -0.39 is 38.4 Å². The van der Waals surface area contributed by atoms with Gasteiger partial charge < -0.3 is 35.2 Å². The van der Waals surface area contributed by atoms with Crippen molar-refractivity contribution >= 4 is 37.5 Å². The van der Waals surface area contributed by atoms with Crippen LogP contribution in [0.3, 0.4) is 0 Å². The molecule has 0 spiro atoms. The van der Waals surface area contributed by atoms with Crippen molar-refractivity contribution in [3.8, 4) is 0 Å². The van der Waals surface area contributed by atoms with Gasteiger partial charge in [-0.05, 0) is 124 Å². The van der Waals surface area contributed by atoms with Crippen molar-refractivity contribution in [2.45, 2.75) is 259 Å². The van der Waals surface area contributed by atoms with E-state index in [1.54, 1.807) is 6.92 Å². The van der Waals surface area contributed by atoms with Crippen LogP contribution in [0, 0.1) is 11.8 Å². The lowest BCUT2D eigenvalue weighted by atomic mass is 9.89. The molecule has 0 bridgehead atoms. The minimum Gasteiger partial charge on any atom is -0.462 e. The number of amides is 3. The number of phosphoric ester groups is 1. The maximum atomic E-state index is 13.0. The molecule has 0 aromatic heterocycles. The largest absolute Gasteiger partial charge is 0.472 e. The number of nitrogens with zero attached hydrogens (tertiary/aromatic N) is 1. The van der Waals surface area contributed by atoms with Crippen molar-refractivity contribution in [2.24, 2.45) is 11.8 Å². The Morgan fingerprint density at radius 1 is 0.560 bits per heavy atom. The average Bonchev–Trinajstić information content (AvgIpc) is 3.36. The fraction of sp³-hybridized carbons (Fsp3) is 0.847. The summed E-state index contributed by atoms with van der Waals surface area (Å²) in [7, 11) is -0.712. The highest BCUT2D eigenvalue weighted by atomic mass is 31.2. The van der Waals surface area contributed by atoms with E-state index in [0.717, 1.165) is 90.0 Å². The summed E-state index contributed by atoms with van der Waals surface area (Å²) >= 11 is 0. The molecule has 15 nitrogen and oxygen atoms in total. The molecule has 0 saturated carbocycles. The van der Waals surface area contributed by atoms with Gasteiger partial charge in [-0.3, -0.25) is 33.0 Å². The number of hydrogen-bond acceptors (Lipinski definition) is 11. The summed E-state index contributed by atoms with van der Waals surface area (Å²) in [4.78, 5) is 76.6. The fourth-order valence-electron chi connectivity index (χ4n) is 8.54. The van der Waals surface area contributed by atoms with Crippen LogP contribution < -0.4 is 16.0 Å². The number of carbonyl (C=O) groups excluding carboxylic acids is 5. The molecule has 3 amide bonds. The normalized spacial score (nSPS) is 13.8. The Balaban J connectivity index is 4.95. The molecule has 4 N–H and O–H groups in total. The van der Waals surface area contributed by atoms with Crippen LogP contribution in [-0.4, -0.2) is 105 Å². The molecule has 0 aromatic carbocycles. The molecule has 0 aliphatic heterocycles. The van der Waals surface area contributed by atoms with Crippen LogP contribution >= 0.6 is 7.82 Å². The van der Waals surface area contributed by atoms with E-state index in [2.05, 4.69) is 54.1 Å². The molecule has 75 heavy (non-hydrogen) atoms. The van der Waals surface area contributed by atoms with Crippen molar-refractivity contribution in [3.63, 3.8) is 0 Å². The summed E-state index contributed by atoms with van der Waals surface area (Å²) in [5, 5.41) is 8.54. The van der Waals surface area contributed by atoms with Crippen LogP contribution in [0.1, 0.15) is 247 Å². The minimum atomic E-state index is -4.66. The SMILES string of the molecule is CCCCCCCC/C=C/CCCCCCCC(=O)OCC(COP(=O)(O)OCCNC(=O)CCCC(CC(C)C(=O)NCCCN(C)C)C(=O)NC(C)C)OC(=O)CCCCCCC/C=C/CCCCCCCC. The molecular formula is C59H111N4O11P. The lowest BCUT2D eigenvalue weighted by Crippen LogP contribution is -2.38. The first-order chi connectivity index (χ1) is 36.1. The predicted octanol–water partition coefficient (Wildman–Crippen LogP) is 13.2. The van der Waals surface area contributed by atoms with Crippen LogP contribution in [0.15, 0.2) is 24.3 Å². The first-order valence-corrected chi connectivity index (χ1v) is 31.4. The average molecular weight is 1080 g/mol. The van der Waals surface area contributed by atoms with Gasteiger partial charge in [0.2, 0.25) is 17.7 Å². The zero-order valence-electron chi connectivity index (χ0n) is 48.6. The molecule has 16 heteroatoms. The standard InChI is InChI=1S/C59H111N4O11P/c1-8-10-12-14-16-18-20-22-24-26-28-30-32-34-36-42-56(65)71-49-54(74-57(66)43-37-35-33-31-29-27-25-23-21-19-17-15-13-11-9-2)50-73-75(69,70)72-47-45-60-55(64)41-38-40-53(59(68)62-51(3)4)48-52(5)58(67)61-44-39-46-63(6)7/h22-25,51-54H,8-21,26-50H2,1-7H3,(H,60,64)(H,61,67)(H,62,68)(H,69,70)/b24-22+,25-23+. The van der Waals surface area contributed by atoms with Crippen molar-refractivity contribution in [1.82, 2.24) is 20.9 Å². The highest BCUT2D eigenvalue weighted by molar-refractivity contribution is 7.47. The molecule has 4 atom stereocenters. The number of carbonyl (C=O) groups is 5. The lowest BCUT2D eigenvalue weighted by Gasteiger charge is -2.22. The van der Waals surface area contributed by atoms with Gasteiger partial charge >= 0.3 is 19.8 Å². The smallest absolute Gasteiger partial charge is 0.462 e. The van der Waals surface area contributed by atoms with Gasteiger partial charge in [-0.15, -0.1) is 0 Å². The molecule has 0 fully saturated rings. The molecule has 4 unspecified atom stereocenters. The van der Waals surface area contributed by atoms with Gasteiger partial charge in [-0.2, -0.15) is 0 Å². The van der Waals surface area contributed by atoms with Crippen molar-refractivity contribution in [2.75, 3.05) is 53.6 Å². The molecular weight excluding hydrogens is 972 g/mol. The molecule has 0 heterocycles. The predicted molar refractivity (Wildman–Crippen MR) is 305 cm³/mol. The van der Waals surface area contributed by atoms with Gasteiger partial charge in [0.1, 0.15) is 6.61 Å². The number of esters is 2. The number of allylic oxidation sites excluding steroid dienone is 4. The Labute approximate surface area is 457 Å². The summed E-state index contributed by atoms with van der Waals surface area (Å²) < 4.78 is 34.3. The fourth-order valence-corrected chi connectivity index (χ4v) is 9.29. The first kappa shape index (κ1) is 71.9. The van der Waals surface area contributed by atoms with E-state index in [0.29, 0.717) is 38.6 Å². The van der Waals surface area contributed by atoms with Crippen LogP contribution in [0.2, 0.25) is 0 Å². The summed E-state index contributed by atoms with van der Waals surface area (Å²) in [6, 6.07) is -0.0765. The van der Waals surface area contributed by atoms with Gasteiger partial charge in [-0.25, -0.2) is 4.57 Å². The van der Waals surface area contributed by atoms with Crippen LogP contribution in [0.4, 0.5) is 0 Å². The van der Waals surface area contributed by atoms with Gasteiger partial charge in [0, 0.05) is 50.2 Å². The Morgan fingerprint density at radius 3 is 1.56 bits per heavy atom. The van der Waals surface area contributed by atoms with E-state index in [9.17, 15) is 33.4 Å². The Kier molecular flexibility index (Phi) is 48.3. The summed E-state index contributed by atoms with van der Waals surface area (Å²) in [6.45, 7) is 10.1. The topological polar surface area (TPSA) is 199 Å². The second-order valence-corrected chi connectivity index (χ2v) is 22.7. The number of unbranched alkanes of at least 4 members (excludes halogenated alkanes) is 22. The maximum absolute atomic E-state index is 13.0.